The van der Waals surface area contributed by atoms with E-state index in [1.165, 1.54) is 6.20 Å². The van der Waals surface area contributed by atoms with Gasteiger partial charge in [0.2, 0.25) is 5.76 Å². The number of aromatic nitrogens is 1. The molecule has 0 aliphatic rings. The SMILES string of the molecule is CCc1ccc2c(c1)ncc1c(=O)cc(C(=O)O)oc12. The van der Waals surface area contributed by atoms with E-state index in [9.17, 15) is 9.59 Å². The molecular formula is C15H11NO4. The van der Waals surface area contributed by atoms with Gasteiger partial charge in [-0.05, 0) is 24.1 Å². The van der Waals surface area contributed by atoms with E-state index in [4.69, 9.17) is 9.52 Å². The van der Waals surface area contributed by atoms with Crippen LogP contribution in [0.2, 0.25) is 0 Å². The predicted octanol–water partition coefficient (Wildman–Crippen LogP) is 2.60. The Kier molecular flexibility index (Phi) is 2.75. The molecule has 3 rings (SSSR count). The van der Waals surface area contributed by atoms with Crippen LogP contribution >= 0.6 is 0 Å². The van der Waals surface area contributed by atoms with E-state index in [1.807, 2.05) is 19.1 Å². The Balaban J connectivity index is 2.45. The predicted molar refractivity (Wildman–Crippen MR) is 74.1 cm³/mol. The fraction of sp³-hybridized carbons (Fsp3) is 0.133. The lowest BCUT2D eigenvalue weighted by atomic mass is 10.1. The summed E-state index contributed by atoms with van der Waals surface area (Å²) in [5, 5.41) is 9.90. The number of hydrogen-bond donors (Lipinski definition) is 1. The largest absolute Gasteiger partial charge is 0.475 e. The van der Waals surface area contributed by atoms with E-state index in [0.29, 0.717) is 10.9 Å². The van der Waals surface area contributed by atoms with Crippen molar-refractivity contribution in [2.45, 2.75) is 13.3 Å². The second kappa shape index (κ2) is 4.45. The third-order valence-electron chi connectivity index (χ3n) is 3.24. The first-order valence-corrected chi connectivity index (χ1v) is 6.19. The molecule has 0 saturated carbocycles. The lowest BCUT2D eigenvalue weighted by Crippen LogP contribution is -2.07. The highest BCUT2D eigenvalue weighted by Crippen LogP contribution is 2.23. The molecule has 0 aliphatic heterocycles. The maximum Gasteiger partial charge on any atom is 0.371 e. The summed E-state index contributed by atoms with van der Waals surface area (Å²) in [5.74, 6) is -1.63. The number of aryl methyl sites for hydroxylation is 1. The zero-order valence-corrected chi connectivity index (χ0v) is 10.7. The van der Waals surface area contributed by atoms with Gasteiger partial charge in [0.25, 0.3) is 0 Å². The summed E-state index contributed by atoms with van der Waals surface area (Å²) in [4.78, 5) is 27.1. The van der Waals surface area contributed by atoms with Gasteiger partial charge in [0.15, 0.2) is 5.43 Å². The number of pyridine rings is 1. The van der Waals surface area contributed by atoms with Crippen molar-refractivity contribution in [1.29, 1.82) is 0 Å². The van der Waals surface area contributed by atoms with E-state index in [-0.39, 0.29) is 16.7 Å². The van der Waals surface area contributed by atoms with Crippen molar-refractivity contribution < 1.29 is 14.3 Å². The molecule has 2 heterocycles. The van der Waals surface area contributed by atoms with Crippen LogP contribution in [0.3, 0.4) is 0 Å². The van der Waals surface area contributed by atoms with E-state index < -0.39 is 11.4 Å². The Labute approximate surface area is 113 Å². The van der Waals surface area contributed by atoms with Crippen LogP contribution < -0.4 is 5.43 Å². The summed E-state index contributed by atoms with van der Waals surface area (Å²) in [6, 6.07) is 6.59. The van der Waals surface area contributed by atoms with Crippen LogP contribution in [0.25, 0.3) is 21.9 Å². The monoisotopic (exact) mass is 269 g/mol. The number of fused-ring (bicyclic) bond motifs is 3. The van der Waals surface area contributed by atoms with Gasteiger partial charge in [-0.2, -0.15) is 0 Å². The molecule has 0 unspecified atom stereocenters. The van der Waals surface area contributed by atoms with Gasteiger partial charge in [0, 0.05) is 17.6 Å². The average Bonchev–Trinajstić information content (AvgIpc) is 2.46. The van der Waals surface area contributed by atoms with Crippen molar-refractivity contribution in [1.82, 2.24) is 4.98 Å². The second-order valence-electron chi connectivity index (χ2n) is 4.49. The molecule has 100 valence electrons. The Bertz CT molecular complexity index is 895. The van der Waals surface area contributed by atoms with Crippen molar-refractivity contribution >= 4 is 27.8 Å². The molecule has 0 spiro atoms. The molecule has 0 bridgehead atoms. The van der Waals surface area contributed by atoms with Crippen molar-refractivity contribution in [3.05, 3.63) is 52.0 Å². The zero-order chi connectivity index (χ0) is 14.3. The molecule has 0 radical (unpaired) electrons. The molecule has 0 amide bonds. The normalized spacial score (nSPS) is 11.1. The zero-order valence-electron chi connectivity index (χ0n) is 10.7. The van der Waals surface area contributed by atoms with E-state index >= 15 is 0 Å². The number of hydrogen-bond acceptors (Lipinski definition) is 4. The fourth-order valence-corrected chi connectivity index (χ4v) is 2.16. The molecule has 0 saturated heterocycles. The molecular weight excluding hydrogens is 258 g/mol. The number of rotatable bonds is 2. The van der Waals surface area contributed by atoms with E-state index in [1.54, 1.807) is 6.07 Å². The van der Waals surface area contributed by atoms with Crippen molar-refractivity contribution in [3.63, 3.8) is 0 Å². The van der Waals surface area contributed by atoms with Gasteiger partial charge in [-0.1, -0.05) is 13.0 Å². The first kappa shape index (κ1) is 12.3. The number of carbonyl (C=O) groups is 1. The highest BCUT2D eigenvalue weighted by molar-refractivity contribution is 6.02. The number of benzene rings is 1. The summed E-state index contributed by atoms with van der Waals surface area (Å²) in [6.07, 6.45) is 2.29. The Morgan fingerprint density at radius 3 is 2.80 bits per heavy atom. The molecule has 0 atom stereocenters. The molecule has 3 aromatic rings. The van der Waals surface area contributed by atoms with Gasteiger partial charge in [0.1, 0.15) is 5.58 Å². The highest BCUT2D eigenvalue weighted by atomic mass is 16.4. The van der Waals surface area contributed by atoms with Gasteiger partial charge in [-0.15, -0.1) is 0 Å². The molecule has 0 aliphatic carbocycles. The van der Waals surface area contributed by atoms with Crippen LogP contribution in [-0.2, 0) is 6.42 Å². The first-order chi connectivity index (χ1) is 9.60. The van der Waals surface area contributed by atoms with Crippen LogP contribution in [0.1, 0.15) is 23.0 Å². The van der Waals surface area contributed by atoms with Crippen molar-refractivity contribution in [3.8, 4) is 0 Å². The summed E-state index contributed by atoms with van der Waals surface area (Å²) in [6.45, 7) is 2.03. The van der Waals surface area contributed by atoms with E-state index in [2.05, 4.69) is 4.98 Å². The van der Waals surface area contributed by atoms with Gasteiger partial charge < -0.3 is 9.52 Å². The molecule has 1 N–H and O–H groups in total. The maximum atomic E-state index is 11.9. The Morgan fingerprint density at radius 2 is 2.10 bits per heavy atom. The number of carboxylic acid groups (broad SMARTS) is 1. The Morgan fingerprint density at radius 1 is 1.30 bits per heavy atom. The van der Waals surface area contributed by atoms with Crippen LogP contribution in [-0.4, -0.2) is 16.1 Å². The van der Waals surface area contributed by atoms with E-state index in [0.717, 1.165) is 18.1 Å². The minimum atomic E-state index is -1.26. The minimum Gasteiger partial charge on any atom is -0.475 e. The standard InChI is InChI=1S/C15H11NO4/c1-2-8-3-4-9-11(5-8)16-7-10-12(17)6-13(15(18)19)20-14(9)10/h3-7H,2H2,1H3,(H,18,19). The molecule has 5 nitrogen and oxygen atoms in total. The molecule has 0 fully saturated rings. The number of aromatic carboxylic acids is 1. The smallest absolute Gasteiger partial charge is 0.371 e. The molecule has 1 aromatic carbocycles. The van der Waals surface area contributed by atoms with Crippen molar-refractivity contribution in [2.24, 2.45) is 0 Å². The summed E-state index contributed by atoms with van der Waals surface area (Å²) >= 11 is 0. The minimum absolute atomic E-state index is 0.266. The van der Waals surface area contributed by atoms with Crippen molar-refractivity contribution in [2.75, 3.05) is 0 Å². The quantitative estimate of drug-likeness (QED) is 0.723. The number of nitrogens with zero attached hydrogens (tertiary/aromatic N) is 1. The van der Waals surface area contributed by atoms with Crippen LogP contribution in [0.4, 0.5) is 0 Å². The van der Waals surface area contributed by atoms with Gasteiger partial charge >= 0.3 is 5.97 Å². The fourth-order valence-electron chi connectivity index (χ4n) is 2.16. The highest BCUT2D eigenvalue weighted by Gasteiger charge is 2.13. The summed E-state index contributed by atoms with van der Waals surface area (Å²) in [7, 11) is 0. The van der Waals surface area contributed by atoms with Crippen LogP contribution in [0.5, 0.6) is 0 Å². The van der Waals surface area contributed by atoms with Gasteiger partial charge in [0.05, 0.1) is 10.9 Å². The van der Waals surface area contributed by atoms with Crippen LogP contribution in [0, 0.1) is 0 Å². The third kappa shape index (κ3) is 1.84. The average molecular weight is 269 g/mol. The Hall–Kier alpha value is -2.69. The van der Waals surface area contributed by atoms with Crippen LogP contribution in [0.15, 0.2) is 39.7 Å². The lowest BCUT2D eigenvalue weighted by Gasteiger charge is -2.04. The molecule has 2 aromatic heterocycles. The van der Waals surface area contributed by atoms with Gasteiger partial charge in [-0.25, -0.2) is 4.79 Å². The summed E-state index contributed by atoms with van der Waals surface area (Å²) in [5.41, 5.74) is 1.66. The maximum absolute atomic E-state index is 11.9. The topological polar surface area (TPSA) is 80.4 Å². The second-order valence-corrected chi connectivity index (χ2v) is 4.49. The molecule has 5 heteroatoms. The molecule has 20 heavy (non-hydrogen) atoms. The first-order valence-electron chi connectivity index (χ1n) is 6.19. The summed E-state index contributed by atoms with van der Waals surface area (Å²) < 4.78 is 5.35. The third-order valence-corrected chi connectivity index (χ3v) is 3.24. The number of carboxylic acids is 1. The van der Waals surface area contributed by atoms with Gasteiger partial charge in [-0.3, -0.25) is 9.78 Å². The lowest BCUT2D eigenvalue weighted by molar-refractivity contribution is 0.0663.